The lowest BCUT2D eigenvalue weighted by Gasteiger charge is -2.03. The van der Waals surface area contributed by atoms with E-state index in [1.165, 1.54) is 18.6 Å². The van der Waals surface area contributed by atoms with Crippen LogP contribution in [0.1, 0.15) is 16.3 Å². The summed E-state index contributed by atoms with van der Waals surface area (Å²) < 4.78 is 0. The number of pyridine rings is 1. The van der Waals surface area contributed by atoms with Crippen LogP contribution in [0.4, 0.5) is 0 Å². The second-order valence-electron chi connectivity index (χ2n) is 2.99. The van der Waals surface area contributed by atoms with E-state index in [-0.39, 0.29) is 18.0 Å². The van der Waals surface area contributed by atoms with Crippen molar-refractivity contribution in [3.8, 4) is 5.75 Å². The summed E-state index contributed by atoms with van der Waals surface area (Å²) in [6, 6.07) is 2.94. The highest BCUT2D eigenvalue weighted by molar-refractivity contribution is 5.94. The fourth-order valence-corrected chi connectivity index (χ4v) is 1.14. The molecule has 0 unspecified atom stereocenters. The van der Waals surface area contributed by atoms with Gasteiger partial charge in [-0.05, 0) is 12.1 Å². The first kappa shape index (κ1) is 10.1. The monoisotopic (exact) mass is 219 g/mol. The standard InChI is InChI=1S/C9H9N5O2/c15-6-2-1-3-10-8(6)9(16)11-4-7-12-5-13-14-7/h1-3,5,15H,4H2,(H,11,16)(H,12,13,14). The lowest BCUT2D eigenvalue weighted by Crippen LogP contribution is -2.24. The van der Waals surface area contributed by atoms with Crippen molar-refractivity contribution in [2.45, 2.75) is 6.54 Å². The third-order valence-electron chi connectivity index (χ3n) is 1.88. The van der Waals surface area contributed by atoms with E-state index in [0.29, 0.717) is 5.82 Å². The van der Waals surface area contributed by atoms with E-state index < -0.39 is 5.91 Å². The Hall–Kier alpha value is -2.44. The van der Waals surface area contributed by atoms with Crippen LogP contribution in [-0.2, 0) is 6.54 Å². The molecule has 2 aromatic rings. The molecular formula is C9H9N5O2. The molecule has 0 spiro atoms. The Morgan fingerprint density at radius 2 is 2.38 bits per heavy atom. The molecule has 0 aliphatic rings. The first-order chi connectivity index (χ1) is 7.77. The lowest BCUT2D eigenvalue weighted by molar-refractivity contribution is 0.0942. The normalized spacial score (nSPS) is 10.0. The van der Waals surface area contributed by atoms with Crippen molar-refractivity contribution >= 4 is 5.91 Å². The number of amides is 1. The Morgan fingerprint density at radius 1 is 1.50 bits per heavy atom. The van der Waals surface area contributed by atoms with E-state index in [4.69, 9.17) is 0 Å². The van der Waals surface area contributed by atoms with E-state index in [2.05, 4.69) is 25.5 Å². The minimum Gasteiger partial charge on any atom is -0.505 e. The number of nitrogens with zero attached hydrogens (tertiary/aromatic N) is 3. The molecule has 0 aromatic carbocycles. The summed E-state index contributed by atoms with van der Waals surface area (Å²) in [5.41, 5.74) is -0.0120. The fourth-order valence-electron chi connectivity index (χ4n) is 1.14. The van der Waals surface area contributed by atoms with Gasteiger partial charge in [-0.2, -0.15) is 5.10 Å². The molecule has 0 aliphatic heterocycles. The van der Waals surface area contributed by atoms with Gasteiger partial charge in [-0.25, -0.2) is 9.97 Å². The molecule has 2 rings (SSSR count). The maximum atomic E-state index is 11.6. The van der Waals surface area contributed by atoms with E-state index in [9.17, 15) is 9.90 Å². The minimum absolute atomic E-state index is 0.0120. The first-order valence-electron chi connectivity index (χ1n) is 4.54. The van der Waals surface area contributed by atoms with Crippen molar-refractivity contribution in [2.75, 3.05) is 0 Å². The summed E-state index contributed by atoms with van der Waals surface area (Å²) in [6.45, 7) is 0.203. The Kier molecular flexibility index (Phi) is 2.77. The fraction of sp³-hybridized carbons (Fsp3) is 0.111. The maximum absolute atomic E-state index is 11.6. The molecular weight excluding hydrogens is 210 g/mol. The van der Waals surface area contributed by atoms with Crippen molar-refractivity contribution in [3.63, 3.8) is 0 Å². The summed E-state index contributed by atoms with van der Waals surface area (Å²) in [7, 11) is 0. The highest BCUT2D eigenvalue weighted by Crippen LogP contribution is 2.11. The van der Waals surface area contributed by atoms with E-state index in [1.54, 1.807) is 6.07 Å². The number of hydrogen-bond acceptors (Lipinski definition) is 5. The predicted octanol–water partition coefficient (Wildman–Crippen LogP) is -0.165. The Morgan fingerprint density at radius 3 is 3.06 bits per heavy atom. The summed E-state index contributed by atoms with van der Waals surface area (Å²) in [4.78, 5) is 19.2. The number of carbonyl (C=O) groups excluding carboxylic acids is 1. The summed E-state index contributed by atoms with van der Waals surface area (Å²) in [5.74, 6) is -0.0872. The Balaban J connectivity index is 2.01. The van der Waals surface area contributed by atoms with Gasteiger partial charge in [0.1, 0.15) is 17.9 Å². The van der Waals surface area contributed by atoms with Gasteiger partial charge in [0.2, 0.25) is 0 Å². The summed E-state index contributed by atoms with van der Waals surface area (Å²) in [5, 5.41) is 18.2. The van der Waals surface area contributed by atoms with Crippen LogP contribution in [0.15, 0.2) is 24.7 Å². The number of nitrogens with one attached hydrogen (secondary N) is 2. The molecule has 1 amide bonds. The number of aromatic nitrogens is 4. The molecule has 0 fully saturated rings. The molecule has 0 saturated carbocycles. The molecule has 3 N–H and O–H groups in total. The molecule has 82 valence electrons. The average Bonchev–Trinajstić information content (AvgIpc) is 2.79. The quantitative estimate of drug-likeness (QED) is 0.665. The molecule has 0 aliphatic carbocycles. The molecule has 16 heavy (non-hydrogen) atoms. The first-order valence-corrected chi connectivity index (χ1v) is 4.54. The average molecular weight is 219 g/mol. The van der Waals surface area contributed by atoms with E-state index in [0.717, 1.165) is 0 Å². The summed E-state index contributed by atoms with van der Waals surface area (Å²) >= 11 is 0. The van der Waals surface area contributed by atoms with Crippen LogP contribution in [0.25, 0.3) is 0 Å². The van der Waals surface area contributed by atoms with Crippen molar-refractivity contribution in [1.29, 1.82) is 0 Å². The van der Waals surface area contributed by atoms with Gasteiger partial charge in [-0.15, -0.1) is 0 Å². The van der Waals surface area contributed by atoms with Gasteiger partial charge >= 0.3 is 0 Å². The van der Waals surface area contributed by atoms with Crippen LogP contribution in [0.3, 0.4) is 0 Å². The largest absolute Gasteiger partial charge is 0.505 e. The molecule has 0 radical (unpaired) electrons. The number of carbonyl (C=O) groups is 1. The lowest BCUT2D eigenvalue weighted by atomic mass is 10.3. The Bertz CT molecular complexity index is 482. The zero-order chi connectivity index (χ0) is 11.4. The zero-order valence-electron chi connectivity index (χ0n) is 8.21. The van der Waals surface area contributed by atoms with Crippen LogP contribution in [0.5, 0.6) is 5.75 Å². The molecule has 0 atom stereocenters. The Labute approximate surface area is 90.6 Å². The highest BCUT2D eigenvalue weighted by Gasteiger charge is 2.11. The molecule has 0 bridgehead atoms. The number of H-pyrrole nitrogens is 1. The SMILES string of the molecule is O=C(NCc1ncn[nH]1)c1ncccc1O. The van der Waals surface area contributed by atoms with Crippen LogP contribution in [0, 0.1) is 0 Å². The second-order valence-corrected chi connectivity index (χ2v) is 2.99. The molecule has 2 heterocycles. The van der Waals surface area contributed by atoms with Gasteiger partial charge in [0.05, 0.1) is 6.54 Å². The molecule has 7 heteroatoms. The van der Waals surface area contributed by atoms with Gasteiger partial charge in [0.15, 0.2) is 5.69 Å². The van der Waals surface area contributed by atoms with E-state index >= 15 is 0 Å². The smallest absolute Gasteiger partial charge is 0.274 e. The molecule has 7 nitrogen and oxygen atoms in total. The topological polar surface area (TPSA) is 104 Å². The highest BCUT2D eigenvalue weighted by atomic mass is 16.3. The van der Waals surface area contributed by atoms with Crippen molar-refractivity contribution < 1.29 is 9.90 Å². The zero-order valence-corrected chi connectivity index (χ0v) is 8.21. The number of hydrogen-bond donors (Lipinski definition) is 3. The minimum atomic E-state index is -0.463. The van der Waals surface area contributed by atoms with Crippen molar-refractivity contribution in [2.24, 2.45) is 0 Å². The number of aromatic hydroxyl groups is 1. The third-order valence-corrected chi connectivity index (χ3v) is 1.88. The van der Waals surface area contributed by atoms with E-state index in [1.807, 2.05) is 0 Å². The maximum Gasteiger partial charge on any atom is 0.274 e. The van der Waals surface area contributed by atoms with Crippen molar-refractivity contribution in [1.82, 2.24) is 25.5 Å². The van der Waals surface area contributed by atoms with Gasteiger partial charge in [-0.3, -0.25) is 9.89 Å². The van der Waals surface area contributed by atoms with Crippen LogP contribution in [-0.4, -0.2) is 31.2 Å². The van der Waals surface area contributed by atoms with Gasteiger partial charge < -0.3 is 10.4 Å². The van der Waals surface area contributed by atoms with Crippen LogP contribution >= 0.6 is 0 Å². The second kappa shape index (κ2) is 4.39. The molecule has 2 aromatic heterocycles. The number of rotatable bonds is 3. The van der Waals surface area contributed by atoms with Crippen molar-refractivity contribution in [3.05, 3.63) is 36.2 Å². The molecule has 0 saturated heterocycles. The summed E-state index contributed by atoms with van der Waals surface area (Å²) in [6.07, 6.45) is 2.78. The van der Waals surface area contributed by atoms with Gasteiger partial charge in [0, 0.05) is 6.20 Å². The van der Waals surface area contributed by atoms with Gasteiger partial charge in [-0.1, -0.05) is 0 Å². The van der Waals surface area contributed by atoms with Crippen LogP contribution in [0.2, 0.25) is 0 Å². The number of aromatic amines is 1. The van der Waals surface area contributed by atoms with Crippen LogP contribution < -0.4 is 5.32 Å². The third kappa shape index (κ3) is 2.14. The van der Waals surface area contributed by atoms with Gasteiger partial charge in [0.25, 0.3) is 5.91 Å². The predicted molar refractivity (Wildman–Crippen MR) is 53.5 cm³/mol.